The number of halogens is 2. The van der Waals surface area contributed by atoms with Crippen molar-refractivity contribution in [2.45, 2.75) is 13.5 Å². The van der Waals surface area contributed by atoms with E-state index in [0.29, 0.717) is 11.6 Å². The Bertz CT molecular complexity index is 560. The first-order valence-corrected chi connectivity index (χ1v) is 7.27. The minimum absolute atomic E-state index is 0.677. The summed E-state index contributed by atoms with van der Waals surface area (Å²) in [6, 6.07) is 13.8. The molecule has 0 radical (unpaired) electrons. The van der Waals surface area contributed by atoms with Crippen LogP contribution in [0.4, 0.5) is 5.69 Å². The fraction of sp³-hybridized carbons (Fsp3) is 0.200. The van der Waals surface area contributed by atoms with Crippen LogP contribution >= 0.6 is 27.5 Å². The fourth-order valence-corrected chi connectivity index (χ4v) is 2.33. The van der Waals surface area contributed by atoms with Gasteiger partial charge in [0.2, 0.25) is 0 Å². The zero-order chi connectivity index (χ0) is 13.7. The average Bonchev–Trinajstić information content (AvgIpc) is 2.41. The summed E-state index contributed by atoms with van der Waals surface area (Å²) >= 11 is 9.53. The third-order valence-electron chi connectivity index (χ3n) is 2.64. The Kier molecular flexibility index (Phi) is 5.11. The average molecular weight is 341 g/mol. The summed E-state index contributed by atoms with van der Waals surface area (Å²) in [6.07, 6.45) is 0. The Labute approximate surface area is 126 Å². The Hall–Kier alpha value is -1.19. The van der Waals surface area contributed by atoms with E-state index in [1.54, 1.807) is 0 Å². The Morgan fingerprint density at radius 2 is 2.00 bits per heavy atom. The molecule has 0 aliphatic heterocycles. The predicted molar refractivity (Wildman–Crippen MR) is 84.1 cm³/mol. The lowest BCUT2D eigenvalue weighted by molar-refractivity contribution is 0.340. The second-order valence-electron chi connectivity index (χ2n) is 4.04. The molecule has 0 spiro atoms. The van der Waals surface area contributed by atoms with Crippen molar-refractivity contribution in [2.75, 3.05) is 11.9 Å². The zero-order valence-corrected chi connectivity index (χ0v) is 13.0. The topological polar surface area (TPSA) is 21.3 Å². The van der Waals surface area contributed by atoms with E-state index < -0.39 is 0 Å². The van der Waals surface area contributed by atoms with Gasteiger partial charge in [-0.15, -0.1) is 0 Å². The molecule has 0 aliphatic carbocycles. The van der Waals surface area contributed by atoms with Crippen LogP contribution in [0.15, 0.2) is 46.9 Å². The summed E-state index contributed by atoms with van der Waals surface area (Å²) in [4.78, 5) is 0. The number of hydrogen-bond acceptors (Lipinski definition) is 2. The maximum absolute atomic E-state index is 6.06. The van der Waals surface area contributed by atoms with Crippen molar-refractivity contribution in [3.63, 3.8) is 0 Å². The lowest BCUT2D eigenvalue weighted by atomic mass is 10.2. The number of hydrogen-bond donors (Lipinski definition) is 1. The van der Waals surface area contributed by atoms with Gasteiger partial charge in [-0.05, 0) is 52.7 Å². The van der Waals surface area contributed by atoms with Gasteiger partial charge in [-0.2, -0.15) is 0 Å². The van der Waals surface area contributed by atoms with E-state index >= 15 is 0 Å². The van der Waals surface area contributed by atoms with E-state index in [-0.39, 0.29) is 0 Å². The van der Waals surface area contributed by atoms with E-state index in [2.05, 4.69) is 27.3 Å². The van der Waals surface area contributed by atoms with Gasteiger partial charge in [0.1, 0.15) is 5.75 Å². The van der Waals surface area contributed by atoms with Crippen LogP contribution in [0.1, 0.15) is 12.5 Å². The smallest absolute Gasteiger partial charge is 0.119 e. The quantitative estimate of drug-likeness (QED) is 0.816. The summed E-state index contributed by atoms with van der Waals surface area (Å²) in [5.41, 5.74) is 2.15. The van der Waals surface area contributed by atoms with Crippen molar-refractivity contribution in [3.05, 3.63) is 57.5 Å². The van der Waals surface area contributed by atoms with Gasteiger partial charge in [0.15, 0.2) is 0 Å². The highest BCUT2D eigenvalue weighted by atomic mass is 79.9. The minimum Gasteiger partial charge on any atom is -0.494 e. The van der Waals surface area contributed by atoms with Gasteiger partial charge in [-0.1, -0.05) is 29.8 Å². The van der Waals surface area contributed by atoms with Gasteiger partial charge in [0.05, 0.1) is 21.8 Å². The summed E-state index contributed by atoms with van der Waals surface area (Å²) in [5.74, 6) is 0.895. The molecule has 0 amide bonds. The van der Waals surface area contributed by atoms with Crippen LogP contribution in [0.3, 0.4) is 0 Å². The molecule has 0 fully saturated rings. The highest BCUT2D eigenvalue weighted by molar-refractivity contribution is 9.10. The third-order valence-corrected chi connectivity index (χ3v) is 4.04. The standard InChI is InChI=1S/C15H15BrClNO/c1-2-19-12-6-3-5-11(9-12)10-18-14-8-4-7-13(17)15(14)16/h3-9,18H,2,10H2,1H3. The van der Waals surface area contributed by atoms with Gasteiger partial charge in [0.25, 0.3) is 0 Å². The van der Waals surface area contributed by atoms with Gasteiger partial charge >= 0.3 is 0 Å². The maximum atomic E-state index is 6.06. The number of ether oxygens (including phenoxy) is 1. The lowest BCUT2D eigenvalue weighted by Gasteiger charge is -2.10. The van der Waals surface area contributed by atoms with Gasteiger partial charge in [-0.25, -0.2) is 0 Å². The molecule has 2 aromatic rings. The van der Waals surface area contributed by atoms with E-state index in [1.807, 2.05) is 43.3 Å². The van der Waals surface area contributed by atoms with E-state index in [4.69, 9.17) is 16.3 Å². The second-order valence-corrected chi connectivity index (χ2v) is 5.24. The van der Waals surface area contributed by atoms with Gasteiger partial charge in [-0.3, -0.25) is 0 Å². The Balaban J connectivity index is 2.06. The molecule has 1 N–H and O–H groups in total. The molecule has 2 rings (SSSR count). The van der Waals surface area contributed by atoms with Crippen LogP contribution in [-0.2, 0) is 6.54 Å². The molecule has 4 heteroatoms. The largest absolute Gasteiger partial charge is 0.494 e. The van der Waals surface area contributed by atoms with Crippen LogP contribution in [0.5, 0.6) is 5.75 Å². The van der Waals surface area contributed by atoms with Crippen LogP contribution in [0.25, 0.3) is 0 Å². The molecule has 0 atom stereocenters. The second kappa shape index (κ2) is 6.83. The molecular weight excluding hydrogens is 326 g/mol. The zero-order valence-electron chi connectivity index (χ0n) is 10.6. The minimum atomic E-state index is 0.677. The fourth-order valence-electron chi connectivity index (χ4n) is 1.75. The summed E-state index contributed by atoms with van der Waals surface area (Å²) < 4.78 is 6.37. The number of nitrogens with one attached hydrogen (secondary N) is 1. The van der Waals surface area contributed by atoms with Crippen LogP contribution < -0.4 is 10.1 Å². The molecule has 0 aromatic heterocycles. The highest BCUT2D eigenvalue weighted by Crippen LogP contribution is 2.30. The lowest BCUT2D eigenvalue weighted by Crippen LogP contribution is -2.01. The summed E-state index contributed by atoms with van der Waals surface area (Å²) in [6.45, 7) is 3.38. The monoisotopic (exact) mass is 339 g/mol. The number of anilines is 1. The van der Waals surface area contributed by atoms with Crippen molar-refractivity contribution in [1.82, 2.24) is 0 Å². The Morgan fingerprint density at radius 1 is 1.21 bits per heavy atom. The van der Waals surface area contributed by atoms with Crippen molar-refractivity contribution in [1.29, 1.82) is 0 Å². The highest BCUT2D eigenvalue weighted by Gasteiger charge is 2.03. The number of rotatable bonds is 5. The van der Waals surface area contributed by atoms with Crippen molar-refractivity contribution < 1.29 is 4.74 Å². The van der Waals surface area contributed by atoms with E-state index in [0.717, 1.165) is 28.0 Å². The molecule has 0 saturated carbocycles. The molecule has 0 heterocycles. The molecule has 0 saturated heterocycles. The first-order valence-electron chi connectivity index (χ1n) is 6.10. The molecule has 0 unspecified atom stereocenters. The molecule has 0 bridgehead atoms. The van der Waals surface area contributed by atoms with Crippen molar-refractivity contribution >= 4 is 33.2 Å². The molecule has 19 heavy (non-hydrogen) atoms. The normalized spacial score (nSPS) is 10.3. The van der Waals surface area contributed by atoms with Crippen molar-refractivity contribution in [2.24, 2.45) is 0 Å². The molecular formula is C15H15BrClNO. The first-order chi connectivity index (χ1) is 9.20. The summed E-state index contributed by atoms with van der Waals surface area (Å²) in [7, 11) is 0. The van der Waals surface area contributed by atoms with Gasteiger partial charge in [0, 0.05) is 6.54 Å². The molecule has 2 aromatic carbocycles. The SMILES string of the molecule is CCOc1cccc(CNc2cccc(Cl)c2Br)c1. The van der Waals surface area contributed by atoms with Crippen molar-refractivity contribution in [3.8, 4) is 5.75 Å². The van der Waals surface area contributed by atoms with Crippen LogP contribution in [0.2, 0.25) is 5.02 Å². The van der Waals surface area contributed by atoms with Crippen LogP contribution in [-0.4, -0.2) is 6.61 Å². The summed E-state index contributed by atoms with van der Waals surface area (Å²) in [5, 5.41) is 4.05. The van der Waals surface area contributed by atoms with E-state index in [1.165, 1.54) is 0 Å². The maximum Gasteiger partial charge on any atom is 0.119 e. The Morgan fingerprint density at radius 3 is 2.79 bits per heavy atom. The van der Waals surface area contributed by atoms with E-state index in [9.17, 15) is 0 Å². The molecule has 0 aliphatic rings. The number of benzene rings is 2. The molecule has 2 nitrogen and oxygen atoms in total. The predicted octanol–water partition coefficient (Wildman–Crippen LogP) is 5.11. The van der Waals surface area contributed by atoms with Gasteiger partial charge < -0.3 is 10.1 Å². The molecule has 100 valence electrons. The first kappa shape index (κ1) is 14.2. The van der Waals surface area contributed by atoms with Crippen LogP contribution in [0, 0.1) is 0 Å². The third kappa shape index (κ3) is 3.88.